The number of carbonyl (C=O) groups is 1. The monoisotopic (exact) mass is 350 g/mol. The molecule has 1 aromatic carbocycles. The number of benzene rings is 1. The summed E-state index contributed by atoms with van der Waals surface area (Å²) in [6.45, 7) is 1.97. The largest absolute Gasteiger partial charge is 0.345 e. The van der Waals surface area contributed by atoms with E-state index in [1.807, 2.05) is 19.1 Å². The minimum absolute atomic E-state index is 0.0463. The molecule has 1 amide bonds. The summed E-state index contributed by atoms with van der Waals surface area (Å²) in [6.07, 6.45) is 3.84. The fourth-order valence-corrected chi connectivity index (χ4v) is 3.22. The van der Waals surface area contributed by atoms with E-state index in [9.17, 15) is 9.59 Å². The number of aromatic nitrogens is 3. The van der Waals surface area contributed by atoms with Gasteiger partial charge in [-0.2, -0.15) is 4.98 Å². The maximum absolute atomic E-state index is 12.4. The highest BCUT2D eigenvalue weighted by atomic mass is 16.5. The van der Waals surface area contributed by atoms with Crippen LogP contribution in [0.15, 0.2) is 45.8 Å². The number of nitrogens with zero attached hydrogens (tertiary/aromatic N) is 2. The minimum Gasteiger partial charge on any atom is -0.345 e. The number of H-pyrrole nitrogens is 1. The highest BCUT2D eigenvalue weighted by Gasteiger charge is 2.25. The fraction of sp³-hybridized carbons (Fsp3) is 0.263. The zero-order valence-corrected chi connectivity index (χ0v) is 14.3. The van der Waals surface area contributed by atoms with E-state index in [0.717, 1.165) is 24.0 Å². The van der Waals surface area contributed by atoms with Crippen LogP contribution in [0.25, 0.3) is 11.4 Å². The summed E-state index contributed by atoms with van der Waals surface area (Å²) in [7, 11) is 0. The molecule has 2 aromatic heterocycles. The second-order valence-electron chi connectivity index (χ2n) is 6.29. The summed E-state index contributed by atoms with van der Waals surface area (Å²) in [5.41, 5.74) is 3.41. The summed E-state index contributed by atoms with van der Waals surface area (Å²) in [4.78, 5) is 30.4. The van der Waals surface area contributed by atoms with Crippen molar-refractivity contribution in [1.29, 1.82) is 0 Å². The molecule has 0 fully saturated rings. The van der Waals surface area contributed by atoms with Crippen molar-refractivity contribution in [3.05, 3.63) is 69.5 Å². The maximum atomic E-state index is 12.4. The quantitative estimate of drug-likeness (QED) is 0.752. The number of carbonyl (C=O) groups excluding carboxylic acids is 1. The van der Waals surface area contributed by atoms with E-state index in [4.69, 9.17) is 4.52 Å². The molecule has 0 saturated carbocycles. The van der Waals surface area contributed by atoms with Gasteiger partial charge in [0.1, 0.15) is 0 Å². The molecule has 1 unspecified atom stereocenters. The van der Waals surface area contributed by atoms with Crippen molar-refractivity contribution >= 4 is 5.91 Å². The molecule has 1 aliphatic rings. The third-order valence-corrected chi connectivity index (χ3v) is 4.60. The molecule has 0 saturated heterocycles. The lowest BCUT2D eigenvalue weighted by molar-refractivity contribution is 0.0936. The Labute approximate surface area is 149 Å². The van der Waals surface area contributed by atoms with Crippen molar-refractivity contribution in [2.24, 2.45) is 0 Å². The smallest absolute Gasteiger partial charge is 0.253 e. The van der Waals surface area contributed by atoms with Crippen LogP contribution in [0.3, 0.4) is 0 Å². The third-order valence-electron chi connectivity index (χ3n) is 4.60. The predicted octanol–water partition coefficient (Wildman–Crippen LogP) is 2.40. The second-order valence-corrected chi connectivity index (χ2v) is 6.29. The zero-order valence-electron chi connectivity index (χ0n) is 14.3. The van der Waals surface area contributed by atoms with Crippen molar-refractivity contribution in [2.75, 3.05) is 0 Å². The SMILES string of the molecule is CCc1nc(-c2ccc3c(c2)CCC3NC(=O)c2ccc(=O)[nH]c2)no1. The van der Waals surface area contributed by atoms with Gasteiger partial charge in [0, 0.05) is 24.2 Å². The molecule has 26 heavy (non-hydrogen) atoms. The Hall–Kier alpha value is -3.22. The maximum Gasteiger partial charge on any atom is 0.253 e. The lowest BCUT2D eigenvalue weighted by Crippen LogP contribution is -2.27. The number of rotatable bonds is 4. The third kappa shape index (κ3) is 3.03. The number of pyridine rings is 1. The molecule has 2 N–H and O–H groups in total. The number of amides is 1. The normalized spacial score (nSPS) is 15.7. The minimum atomic E-state index is -0.229. The van der Waals surface area contributed by atoms with E-state index in [0.29, 0.717) is 23.7 Å². The molecule has 7 nitrogen and oxygen atoms in total. The molecule has 3 aromatic rings. The van der Waals surface area contributed by atoms with E-state index in [2.05, 4.69) is 26.5 Å². The molecule has 0 radical (unpaired) electrons. The average Bonchev–Trinajstić information content (AvgIpc) is 3.29. The van der Waals surface area contributed by atoms with E-state index in [1.165, 1.54) is 23.9 Å². The lowest BCUT2D eigenvalue weighted by Gasteiger charge is -2.14. The van der Waals surface area contributed by atoms with Crippen LogP contribution in [0.5, 0.6) is 0 Å². The molecular weight excluding hydrogens is 332 g/mol. The van der Waals surface area contributed by atoms with E-state index >= 15 is 0 Å². The van der Waals surface area contributed by atoms with Crippen LogP contribution in [0, 0.1) is 0 Å². The summed E-state index contributed by atoms with van der Waals surface area (Å²) in [5.74, 6) is 1.01. The predicted molar refractivity (Wildman–Crippen MR) is 94.7 cm³/mol. The first-order valence-corrected chi connectivity index (χ1v) is 8.59. The van der Waals surface area contributed by atoms with Gasteiger partial charge in [0.25, 0.3) is 5.91 Å². The number of hydrogen-bond acceptors (Lipinski definition) is 5. The molecule has 0 bridgehead atoms. The molecule has 132 valence electrons. The van der Waals surface area contributed by atoms with Gasteiger partial charge in [-0.1, -0.05) is 24.2 Å². The van der Waals surface area contributed by atoms with Crippen LogP contribution >= 0.6 is 0 Å². The first kappa shape index (κ1) is 16.3. The van der Waals surface area contributed by atoms with Gasteiger partial charge in [0.05, 0.1) is 11.6 Å². The Morgan fingerprint density at radius 1 is 1.35 bits per heavy atom. The molecule has 4 rings (SSSR count). The standard InChI is InChI=1S/C19H18N4O3/c1-2-17-22-18(23-26-17)12-3-6-14-11(9-12)4-7-15(14)21-19(25)13-5-8-16(24)20-10-13/h3,5-6,8-10,15H,2,4,7H2,1H3,(H,20,24)(H,21,25). The van der Waals surface area contributed by atoms with Crippen LogP contribution in [0.2, 0.25) is 0 Å². The van der Waals surface area contributed by atoms with Gasteiger partial charge < -0.3 is 14.8 Å². The van der Waals surface area contributed by atoms with Gasteiger partial charge in [-0.3, -0.25) is 9.59 Å². The van der Waals surface area contributed by atoms with Gasteiger partial charge in [0.2, 0.25) is 17.3 Å². The highest BCUT2D eigenvalue weighted by molar-refractivity contribution is 5.94. The van der Waals surface area contributed by atoms with Gasteiger partial charge in [-0.25, -0.2) is 0 Å². The number of aromatic amines is 1. The summed E-state index contributed by atoms with van der Waals surface area (Å²) in [5, 5.41) is 7.04. The van der Waals surface area contributed by atoms with E-state index < -0.39 is 0 Å². The Balaban J connectivity index is 1.53. The molecule has 1 aliphatic carbocycles. The molecular formula is C19H18N4O3. The van der Waals surface area contributed by atoms with Crippen LogP contribution in [-0.4, -0.2) is 21.0 Å². The number of aryl methyl sites for hydroxylation is 2. The van der Waals surface area contributed by atoms with Crippen molar-refractivity contribution in [2.45, 2.75) is 32.2 Å². The molecule has 1 atom stereocenters. The molecule has 0 spiro atoms. The highest BCUT2D eigenvalue weighted by Crippen LogP contribution is 2.33. The average molecular weight is 350 g/mol. The van der Waals surface area contributed by atoms with Gasteiger partial charge in [-0.05, 0) is 36.1 Å². The van der Waals surface area contributed by atoms with E-state index in [-0.39, 0.29) is 17.5 Å². The Kier molecular flexibility index (Phi) is 4.12. The van der Waals surface area contributed by atoms with Crippen LogP contribution in [0.4, 0.5) is 0 Å². The Morgan fingerprint density at radius 3 is 2.96 bits per heavy atom. The Bertz CT molecular complexity index is 1000. The van der Waals surface area contributed by atoms with Crippen LogP contribution < -0.4 is 10.9 Å². The first-order chi connectivity index (χ1) is 12.6. The summed E-state index contributed by atoms with van der Waals surface area (Å²) >= 11 is 0. The van der Waals surface area contributed by atoms with Crippen molar-refractivity contribution in [3.8, 4) is 11.4 Å². The molecule has 7 heteroatoms. The lowest BCUT2D eigenvalue weighted by atomic mass is 10.0. The summed E-state index contributed by atoms with van der Waals surface area (Å²) in [6, 6.07) is 8.85. The van der Waals surface area contributed by atoms with Crippen LogP contribution in [0.1, 0.15) is 46.8 Å². The fourth-order valence-electron chi connectivity index (χ4n) is 3.22. The van der Waals surface area contributed by atoms with Crippen LogP contribution in [-0.2, 0) is 12.8 Å². The van der Waals surface area contributed by atoms with Gasteiger partial charge >= 0.3 is 0 Å². The Morgan fingerprint density at radius 2 is 2.23 bits per heavy atom. The van der Waals surface area contributed by atoms with Gasteiger partial charge in [-0.15, -0.1) is 0 Å². The number of hydrogen-bond donors (Lipinski definition) is 2. The first-order valence-electron chi connectivity index (χ1n) is 8.59. The number of fused-ring (bicyclic) bond motifs is 1. The molecule has 2 heterocycles. The second kappa shape index (κ2) is 6.59. The van der Waals surface area contributed by atoms with Crippen molar-refractivity contribution in [1.82, 2.24) is 20.4 Å². The van der Waals surface area contributed by atoms with Gasteiger partial charge in [0.15, 0.2) is 0 Å². The van der Waals surface area contributed by atoms with E-state index in [1.54, 1.807) is 0 Å². The topological polar surface area (TPSA) is 101 Å². The zero-order chi connectivity index (χ0) is 18.1. The van der Waals surface area contributed by atoms with Crippen molar-refractivity contribution < 1.29 is 9.32 Å². The van der Waals surface area contributed by atoms with Crippen molar-refractivity contribution in [3.63, 3.8) is 0 Å². The molecule has 0 aliphatic heterocycles. The number of nitrogens with one attached hydrogen (secondary N) is 2. The summed E-state index contributed by atoms with van der Waals surface area (Å²) < 4.78 is 5.18.